The molecule has 1 saturated heterocycles. The third kappa shape index (κ3) is 3.68. The highest BCUT2D eigenvalue weighted by molar-refractivity contribution is 8.77. The Balaban J connectivity index is 1.33. The quantitative estimate of drug-likeness (QED) is 0.694. The van der Waals surface area contributed by atoms with Crippen molar-refractivity contribution < 1.29 is 9.84 Å². The molecule has 0 bridgehead atoms. The third-order valence-electron chi connectivity index (χ3n) is 5.31. The number of fused-ring (bicyclic) bond motifs is 2. The summed E-state index contributed by atoms with van der Waals surface area (Å²) < 4.78 is 6.12. The van der Waals surface area contributed by atoms with Crippen molar-refractivity contribution in [2.75, 3.05) is 18.8 Å². The van der Waals surface area contributed by atoms with Gasteiger partial charge in [-0.25, -0.2) is 0 Å². The van der Waals surface area contributed by atoms with Crippen LogP contribution in [0, 0.1) is 5.41 Å². The second kappa shape index (κ2) is 7.06. The number of nitrogens with one attached hydrogen (secondary N) is 2. The van der Waals surface area contributed by atoms with E-state index in [1.165, 1.54) is 11.3 Å². The van der Waals surface area contributed by atoms with Crippen LogP contribution in [-0.4, -0.2) is 46.4 Å². The van der Waals surface area contributed by atoms with Gasteiger partial charge in [0.25, 0.3) is 0 Å². The van der Waals surface area contributed by atoms with Crippen molar-refractivity contribution in [3.8, 4) is 5.75 Å². The number of aliphatic hydroxyl groups is 1. The second-order valence-corrected chi connectivity index (χ2v) is 10.4. The lowest BCUT2D eigenvalue weighted by molar-refractivity contribution is 0.0246. The number of rotatable bonds is 5. The average Bonchev–Trinajstić information content (AvgIpc) is 3.17. The van der Waals surface area contributed by atoms with Crippen molar-refractivity contribution in [1.29, 1.82) is 0 Å². The summed E-state index contributed by atoms with van der Waals surface area (Å²) in [5, 5.41) is 15.8. The highest BCUT2D eigenvalue weighted by atomic mass is 33.1. The van der Waals surface area contributed by atoms with E-state index in [1.54, 1.807) is 0 Å². The summed E-state index contributed by atoms with van der Waals surface area (Å²) in [6.45, 7) is 6.18. The van der Waals surface area contributed by atoms with Crippen LogP contribution in [0.2, 0.25) is 0 Å². The summed E-state index contributed by atoms with van der Waals surface area (Å²) in [5.74, 6) is 2.12. The van der Waals surface area contributed by atoms with Crippen LogP contribution in [0.3, 0.4) is 0 Å². The molecule has 6 heteroatoms. The van der Waals surface area contributed by atoms with Gasteiger partial charge in [0.1, 0.15) is 18.0 Å². The van der Waals surface area contributed by atoms with Crippen molar-refractivity contribution >= 4 is 32.5 Å². The van der Waals surface area contributed by atoms with Gasteiger partial charge in [0.05, 0.1) is 0 Å². The molecule has 0 aliphatic carbocycles. The molecular formula is C19H26N2O2S2. The lowest BCUT2D eigenvalue weighted by atomic mass is 9.91. The van der Waals surface area contributed by atoms with Gasteiger partial charge < -0.3 is 20.1 Å². The van der Waals surface area contributed by atoms with E-state index in [1.807, 2.05) is 27.8 Å². The number of hydrogen-bond acceptors (Lipinski definition) is 5. The molecule has 2 aliphatic rings. The average molecular weight is 379 g/mol. The maximum absolute atomic E-state index is 10.6. The van der Waals surface area contributed by atoms with E-state index in [-0.39, 0.29) is 6.10 Å². The highest BCUT2D eigenvalue weighted by Gasteiger charge is 2.36. The fourth-order valence-electron chi connectivity index (χ4n) is 3.52. The summed E-state index contributed by atoms with van der Waals surface area (Å²) in [6.07, 6.45) is 3.16. The number of aryl methyl sites for hydroxylation is 1. The molecule has 0 spiro atoms. The van der Waals surface area contributed by atoms with E-state index >= 15 is 0 Å². The van der Waals surface area contributed by atoms with Gasteiger partial charge in [-0.05, 0) is 42.0 Å². The van der Waals surface area contributed by atoms with Crippen LogP contribution in [0.15, 0.2) is 24.4 Å². The fraction of sp³-hybridized carbons (Fsp3) is 0.579. The molecule has 1 aromatic carbocycles. The Morgan fingerprint density at radius 3 is 3.12 bits per heavy atom. The van der Waals surface area contributed by atoms with Crippen LogP contribution in [0.5, 0.6) is 5.75 Å². The minimum Gasteiger partial charge on any atom is -0.487 e. The summed E-state index contributed by atoms with van der Waals surface area (Å²) in [4.78, 5) is 3.25. The van der Waals surface area contributed by atoms with Crippen LogP contribution in [-0.2, 0) is 6.42 Å². The molecule has 4 nitrogen and oxygen atoms in total. The Labute approximate surface area is 156 Å². The first-order chi connectivity index (χ1) is 12.0. The van der Waals surface area contributed by atoms with Gasteiger partial charge in [-0.3, -0.25) is 0 Å². The number of benzene rings is 1. The summed E-state index contributed by atoms with van der Waals surface area (Å²) in [5.41, 5.74) is 2.74. The van der Waals surface area contributed by atoms with E-state index in [2.05, 4.69) is 42.3 Å². The predicted octanol–water partition coefficient (Wildman–Crippen LogP) is 3.60. The molecule has 2 aromatic rings. The minimum absolute atomic E-state index is 0.130. The van der Waals surface area contributed by atoms with Crippen molar-refractivity contribution in [3.05, 3.63) is 30.0 Å². The third-order valence-corrected chi connectivity index (χ3v) is 8.80. The molecule has 0 saturated carbocycles. The fourth-order valence-corrected chi connectivity index (χ4v) is 7.48. The molecule has 3 N–H and O–H groups in total. The summed E-state index contributed by atoms with van der Waals surface area (Å²) in [7, 11) is 3.92. The molecule has 3 atom stereocenters. The Bertz CT molecular complexity index is 746. The maximum Gasteiger partial charge on any atom is 0.126 e. The van der Waals surface area contributed by atoms with Gasteiger partial charge in [-0.15, -0.1) is 0 Å². The molecule has 1 aromatic heterocycles. The van der Waals surface area contributed by atoms with Gasteiger partial charge in [0.15, 0.2) is 0 Å². The number of hydrogen-bond donors (Lipinski definition) is 3. The first-order valence-corrected chi connectivity index (χ1v) is 11.3. The van der Waals surface area contributed by atoms with E-state index in [9.17, 15) is 5.11 Å². The SMILES string of the molecule is CC1(C)CSSC1CNCC(O)C1CCc2cc3[nH]ccc3cc2O1. The first-order valence-electron chi connectivity index (χ1n) is 8.97. The van der Waals surface area contributed by atoms with Gasteiger partial charge in [-0.2, -0.15) is 0 Å². The van der Waals surface area contributed by atoms with E-state index < -0.39 is 6.10 Å². The topological polar surface area (TPSA) is 57.3 Å². The second-order valence-electron chi connectivity index (χ2n) is 7.78. The number of aromatic nitrogens is 1. The lowest BCUT2D eigenvalue weighted by Gasteiger charge is -2.31. The number of aliphatic hydroxyl groups excluding tert-OH is 1. The molecule has 3 heterocycles. The van der Waals surface area contributed by atoms with Gasteiger partial charge >= 0.3 is 0 Å². The summed E-state index contributed by atoms with van der Waals surface area (Å²) >= 11 is 0. The molecule has 0 radical (unpaired) electrons. The number of H-pyrrole nitrogens is 1. The van der Waals surface area contributed by atoms with Crippen LogP contribution >= 0.6 is 21.6 Å². The van der Waals surface area contributed by atoms with Gasteiger partial charge in [0.2, 0.25) is 0 Å². The van der Waals surface area contributed by atoms with Crippen molar-refractivity contribution in [3.63, 3.8) is 0 Å². The zero-order valence-corrected chi connectivity index (χ0v) is 16.4. The van der Waals surface area contributed by atoms with E-state index in [0.29, 0.717) is 17.2 Å². The summed E-state index contributed by atoms with van der Waals surface area (Å²) in [6, 6.07) is 6.31. The van der Waals surface area contributed by atoms with E-state index in [0.717, 1.165) is 36.0 Å². The number of ether oxygens (including phenoxy) is 1. The normalized spacial score (nSPS) is 26.4. The number of aromatic amines is 1. The van der Waals surface area contributed by atoms with Crippen molar-refractivity contribution in [1.82, 2.24) is 10.3 Å². The Morgan fingerprint density at radius 2 is 2.32 bits per heavy atom. The first kappa shape index (κ1) is 17.6. The molecule has 4 rings (SSSR count). The monoisotopic (exact) mass is 378 g/mol. The smallest absolute Gasteiger partial charge is 0.126 e. The lowest BCUT2D eigenvalue weighted by Crippen LogP contribution is -2.44. The molecule has 2 aliphatic heterocycles. The van der Waals surface area contributed by atoms with Crippen LogP contribution < -0.4 is 10.1 Å². The molecular weight excluding hydrogens is 352 g/mol. The van der Waals surface area contributed by atoms with Crippen LogP contribution in [0.4, 0.5) is 0 Å². The molecule has 25 heavy (non-hydrogen) atoms. The Kier molecular flexibility index (Phi) is 4.97. The highest BCUT2D eigenvalue weighted by Crippen LogP contribution is 2.48. The van der Waals surface area contributed by atoms with E-state index in [4.69, 9.17) is 4.74 Å². The molecule has 0 amide bonds. The van der Waals surface area contributed by atoms with Gasteiger partial charge in [0, 0.05) is 41.2 Å². The Morgan fingerprint density at radius 1 is 1.44 bits per heavy atom. The maximum atomic E-state index is 10.6. The van der Waals surface area contributed by atoms with Crippen LogP contribution in [0.25, 0.3) is 10.9 Å². The van der Waals surface area contributed by atoms with Gasteiger partial charge in [-0.1, -0.05) is 35.4 Å². The molecule has 3 unspecified atom stereocenters. The predicted molar refractivity (Wildman–Crippen MR) is 108 cm³/mol. The molecule has 136 valence electrons. The zero-order valence-electron chi connectivity index (χ0n) is 14.7. The Hall–Kier alpha value is -0.820. The van der Waals surface area contributed by atoms with Crippen molar-refractivity contribution in [2.24, 2.45) is 5.41 Å². The standard InChI is InChI=1S/C19H26N2O2S2/c1-19(2)11-24-25-18(19)10-20-9-15(22)16-4-3-13-7-14-12(5-6-21-14)8-17(13)23-16/h5-8,15-16,18,20-22H,3-4,9-11H2,1-2H3. The largest absolute Gasteiger partial charge is 0.487 e. The zero-order chi connectivity index (χ0) is 17.4. The molecule has 1 fully saturated rings. The van der Waals surface area contributed by atoms with Crippen molar-refractivity contribution in [2.45, 2.75) is 44.1 Å². The minimum atomic E-state index is -0.475. The van der Waals surface area contributed by atoms with Crippen LogP contribution in [0.1, 0.15) is 25.8 Å².